The third-order valence-corrected chi connectivity index (χ3v) is 5.54. The Bertz CT molecular complexity index is 713. The minimum absolute atomic E-state index is 0.106. The van der Waals surface area contributed by atoms with E-state index in [-0.39, 0.29) is 12.5 Å². The highest BCUT2D eigenvalue weighted by molar-refractivity contribution is 6.43. The zero-order valence-electron chi connectivity index (χ0n) is 14.1. The highest BCUT2D eigenvalue weighted by atomic mass is 35.5. The number of likely N-dealkylation sites (tertiary alicyclic amines) is 1. The maximum absolute atomic E-state index is 12.4. The summed E-state index contributed by atoms with van der Waals surface area (Å²) in [7, 11) is 0. The van der Waals surface area contributed by atoms with E-state index < -0.39 is 0 Å². The molecule has 1 fully saturated rings. The third-order valence-electron chi connectivity index (χ3n) is 4.72. The van der Waals surface area contributed by atoms with E-state index in [0.717, 1.165) is 32.4 Å². The fourth-order valence-electron chi connectivity index (χ4n) is 3.26. The molecule has 25 heavy (non-hydrogen) atoms. The largest absolute Gasteiger partial charge is 0.375 e. The standard InChI is InChI=1S/C20H22Cl2N2O/c21-17-7-4-8-18(20(17)22)23-14-19(25)24-11-9-16(10-12-24)13-15-5-2-1-3-6-15/h1-8,16,23H,9-14H2. The van der Waals surface area contributed by atoms with Crippen LogP contribution in [0.2, 0.25) is 10.0 Å². The van der Waals surface area contributed by atoms with Gasteiger partial charge in [-0.15, -0.1) is 0 Å². The van der Waals surface area contributed by atoms with Crippen molar-refractivity contribution < 1.29 is 4.79 Å². The third kappa shape index (κ3) is 4.90. The Kier molecular flexibility index (Phi) is 6.22. The minimum Gasteiger partial charge on any atom is -0.375 e. The van der Waals surface area contributed by atoms with Gasteiger partial charge in [-0.3, -0.25) is 4.79 Å². The Hall–Kier alpha value is -1.71. The Morgan fingerprint density at radius 3 is 2.48 bits per heavy atom. The number of rotatable bonds is 5. The average molecular weight is 377 g/mol. The minimum atomic E-state index is 0.106. The summed E-state index contributed by atoms with van der Waals surface area (Å²) in [6.07, 6.45) is 3.20. The van der Waals surface area contributed by atoms with Gasteiger partial charge in [0.2, 0.25) is 5.91 Å². The smallest absolute Gasteiger partial charge is 0.241 e. The molecule has 0 spiro atoms. The van der Waals surface area contributed by atoms with Crippen LogP contribution in [0, 0.1) is 5.92 Å². The second-order valence-electron chi connectivity index (χ2n) is 6.47. The molecule has 0 unspecified atom stereocenters. The summed E-state index contributed by atoms with van der Waals surface area (Å²) < 4.78 is 0. The first-order valence-electron chi connectivity index (χ1n) is 8.63. The van der Waals surface area contributed by atoms with Crippen LogP contribution in [0.4, 0.5) is 5.69 Å². The van der Waals surface area contributed by atoms with E-state index >= 15 is 0 Å². The summed E-state index contributed by atoms with van der Waals surface area (Å²) in [6.45, 7) is 1.88. The number of carbonyl (C=O) groups is 1. The summed E-state index contributed by atoms with van der Waals surface area (Å²) in [6, 6.07) is 15.9. The van der Waals surface area contributed by atoms with Crippen molar-refractivity contribution >= 4 is 34.8 Å². The van der Waals surface area contributed by atoms with Gasteiger partial charge in [-0.05, 0) is 42.9 Å². The number of halogens is 2. The fourth-order valence-corrected chi connectivity index (χ4v) is 3.62. The van der Waals surface area contributed by atoms with Gasteiger partial charge < -0.3 is 10.2 Å². The van der Waals surface area contributed by atoms with E-state index in [0.29, 0.717) is 21.7 Å². The van der Waals surface area contributed by atoms with E-state index in [1.807, 2.05) is 23.1 Å². The van der Waals surface area contributed by atoms with Crippen molar-refractivity contribution in [3.63, 3.8) is 0 Å². The number of nitrogens with one attached hydrogen (secondary N) is 1. The molecule has 0 bridgehead atoms. The molecule has 0 atom stereocenters. The molecule has 0 saturated carbocycles. The molecule has 1 aliphatic rings. The van der Waals surface area contributed by atoms with Gasteiger partial charge in [0.15, 0.2) is 0 Å². The van der Waals surface area contributed by atoms with E-state index in [1.165, 1.54) is 5.56 Å². The molecule has 0 aromatic heterocycles. The second kappa shape index (κ2) is 8.59. The van der Waals surface area contributed by atoms with Crippen LogP contribution in [-0.2, 0) is 11.2 Å². The van der Waals surface area contributed by atoms with E-state index in [2.05, 4.69) is 29.6 Å². The molecule has 132 valence electrons. The molecule has 5 heteroatoms. The Labute approximate surface area is 158 Å². The summed E-state index contributed by atoms with van der Waals surface area (Å²) in [5, 5.41) is 4.04. The van der Waals surface area contributed by atoms with Gasteiger partial charge >= 0.3 is 0 Å². The van der Waals surface area contributed by atoms with Crippen molar-refractivity contribution in [1.29, 1.82) is 0 Å². The highest BCUT2D eigenvalue weighted by Gasteiger charge is 2.22. The van der Waals surface area contributed by atoms with E-state index in [1.54, 1.807) is 6.07 Å². The average Bonchev–Trinajstić information content (AvgIpc) is 2.64. The predicted molar refractivity (Wildman–Crippen MR) is 104 cm³/mol. The first-order valence-corrected chi connectivity index (χ1v) is 9.38. The van der Waals surface area contributed by atoms with Crippen LogP contribution >= 0.6 is 23.2 Å². The number of hydrogen-bond acceptors (Lipinski definition) is 2. The van der Waals surface area contributed by atoms with Gasteiger partial charge in [0.1, 0.15) is 0 Å². The summed E-state index contributed by atoms with van der Waals surface area (Å²) in [5.41, 5.74) is 2.08. The highest BCUT2D eigenvalue weighted by Crippen LogP contribution is 2.29. The molecule has 1 aliphatic heterocycles. The number of anilines is 1. The lowest BCUT2D eigenvalue weighted by atomic mass is 9.90. The van der Waals surface area contributed by atoms with Crippen molar-refractivity contribution in [2.75, 3.05) is 25.0 Å². The fraction of sp³-hybridized carbons (Fsp3) is 0.350. The molecule has 2 aromatic carbocycles. The molecule has 0 radical (unpaired) electrons. The van der Waals surface area contributed by atoms with E-state index in [9.17, 15) is 4.79 Å². The van der Waals surface area contributed by atoms with Crippen LogP contribution in [0.3, 0.4) is 0 Å². The number of hydrogen-bond donors (Lipinski definition) is 1. The molecule has 1 heterocycles. The van der Waals surface area contributed by atoms with E-state index in [4.69, 9.17) is 23.2 Å². The van der Waals surface area contributed by atoms with Crippen molar-refractivity contribution in [2.45, 2.75) is 19.3 Å². The monoisotopic (exact) mass is 376 g/mol. The zero-order valence-corrected chi connectivity index (χ0v) is 15.6. The van der Waals surface area contributed by atoms with Gasteiger partial charge in [0.25, 0.3) is 0 Å². The molecule has 2 aromatic rings. The van der Waals surface area contributed by atoms with Crippen molar-refractivity contribution in [3.05, 3.63) is 64.1 Å². The summed E-state index contributed by atoms with van der Waals surface area (Å²) in [5.74, 6) is 0.760. The predicted octanol–water partition coefficient (Wildman–Crippen LogP) is 4.89. The number of nitrogens with zero attached hydrogens (tertiary/aromatic N) is 1. The lowest BCUT2D eigenvalue weighted by Gasteiger charge is -2.32. The van der Waals surface area contributed by atoms with Gasteiger partial charge in [-0.25, -0.2) is 0 Å². The van der Waals surface area contributed by atoms with Crippen LogP contribution in [0.15, 0.2) is 48.5 Å². The zero-order chi connectivity index (χ0) is 17.6. The molecule has 1 N–H and O–H groups in total. The van der Waals surface area contributed by atoms with Crippen molar-refractivity contribution in [2.24, 2.45) is 5.92 Å². The van der Waals surface area contributed by atoms with Crippen molar-refractivity contribution in [3.8, 4) is 0 Å². The maximum Gasteiger partial charge on any atom is 0.241 e. The lowest BCUT2D eigenvalue weighted by Crippen LogP contribution is -2.41. The van der Waals surface area contributed by atoms with Crippen molar-refractivity contribution in [1.82, 2.24) is 4.90 Å². The number of piperidine rings is 1. The molecular weight excluding hydrogens is 355 g/mol. The topological polar surface area (TPSA) is 32.3 Å². The first kappa shape index (κ1) is 18.1. The molecule has 1 saturated heterocycles. The van der Waals surface area contributed by atoms with Crippen LogP contribution in [0.1, 0.15) is 18.4 Å². The molecule has 1 amide bonds. The van der Waals surface area contributed by atoms with Gasteiger partial charge in [0, 0.05) is 13.1 Å². The van der Waals surface area contributed by atoms with Gasteiger partial charge in [0.05, 0.1) is 22.3 Å². The second-order valence-corrected chi connectivity index (χ2v) is 7.25. The molecular formula is C20H22Cl2N2O. The normalized spacial score (nSPS) is 15.2. The quantitative estimate of drug-likeness (QED) is 0.805. The van der Waals surface area contributed by atoms with Gasteiger partial charge in [-0.1, -0.05) is 59.6 Å². The number of benzene rings is 2. The maximum atomic E-state index is 12.4. The van der Waals surface area contributed by atoms with Gasteiger partial charge in [-0.2, -0.15) is 0 Å². The molecule has 3 rings (SSSR count). The summed E-state index contributed by atoms with van der Waals surface area (Å²) >= 11 is 12.1. The SMILES string of the molecule is O=C(CNc1cccc(Cl)c1Cl)N1CCC(Cc2ccccc2)CC1. The number of carbonyl (C=O) groups excluding carboxylic acids is 1. The Morgan fingerprint density at radius 2 is 1.76 bits per heavy atom. The first-order chi connectivity index (χ1) is 12.1. The van der Waals surface area contributed by atoms with Crippen LogP contribution in [-0.4, -0.2) is 30.4 Å². The lowest BCUT2D eigenvalue weighted by molar-refractivity contribution is -0.130. The van der Waals surface area contributed by atoms with Crippen LogP contribution in [0.25, 0.3) is 0 Å². The molecule has 3 nitrogen and oxygen atoms in total. The number of amides is 1. The Morgan fingerprint density at radius 1 is 1.04 bits per heavy atom. The molecule has 0 aliphatic carbocycles. The summed E-state index contributed by atoms with van der Waals surface area (Å²) in [4.78, 5) is 14.4. The Balaban J connectivity index is 1.46. The van der Waals surface area contributed by atoms with Crippen LogP contribution in [0.5, 0.6) is 0 Å². The van der Waals surface area contributed by atoms with Crippen LogP contribution < -0.4 is 5.32 Å².